The van der Waals surface area contributed by atoms with Crippen molar-refractivity contribution >= 4 is 29.0 Å². The molecule has 0 heterocycles. The number of anilines is 1. The minimum atomic E-state index is -0.951. The van der Waals surface area contributed by atoms with Gasteiger partial charge in [0.25, 0.3) is 0 Å². The van der Waals surface area contributed by atoms with Crippen LogP contribution in [0.25, 0.3) is 0 Å². The minimum Gasteiger partial charge on any atom is -0.478 e. The monoisotopic (exact) mass is 224 g/mol. The zero-order valence-electron chi connectivity index (χ0n) is 8.28. The van der Waals surface area contributed by atoms with Gasteiger partial charge in [0.2, 0.25) is 0 Å². The van der Waals surface area contributed by atoms with Crippen LogP contribution in [0.15, 0.2) is 24.3 Å². The highest BCUT2D eigenvalue weighted by Crippen LogP contribution is 2.10. The number of hydrogen-bond acceptors (Lipinski definition) is 2. The third-order valence-electron chi connectivity index (χ3n) is 1.70. The Hall–Kier alpha value is -1.62. The van der Waals surface area contributed by atoms with Crippen molar-refractivity contribution in [3.05, 3.63) is 29.8 Å². The molecule has 0 fully saturated rings. The summed E-state index contributed by atoms with van der Waals surface area (Å²) in [7, 11) is 0. The Balaban J connectivity index is 2.73. The van der Waals surface area contributed by atoms with E-state index in [1.165, 1.54) is 12.1 Å². The number of carboxylic acids is 1. The first-order valence-electron chi connectivity index (χ1n) is 4.51. The molecule has 1 aromatic rings. The van der Waals surface area contributed by atoms with E-state index in [4.69, 9.17) is 17.3 Å². The lowest BCUT2D eigenvalue weighted by Crippen LogP contribution is -2.27. The lowest BCUT2D eigenvalue weighted by atomic mass is 10.2. The van der Waals surface area contributed by atoms with Gasteiger partial charge in [-0.1, -0.05) is 6.07 Å². The Kier molecular flexibility index (Phi) is 4.05. The molecule has 0 aliphatic carbocycles. The quantitative estimate of drug-likeness (QED) is 0.682. The number of nitrogens with one attached hydrogen (secondary N) is 2. The highest BCUT2D eigenvalue weighted by molar-refractivity contribution is 7.80. The second kappa shape index (κ2) is 5.31. The van der Waals surface area contributed by atoms with Gasteiger partial charge < -0.3 is 15.7 Å². The van der Waals surface area contributed by atoms with Crippen molar-refractivity contribution in [3.8, 4) is 0 Å². The number of benzene rings is 1. The summed E-state index contributed by atoms with van der Waals surface area (Å²) in [6.07, 6.45) is 0. The van der Waals surface area contributed by atoms with Gasteiger partial charge in [-0.15, -0.1) is 0 Å². The molecule has 0 bridgehead atoms. The molecular formula is C10H12N2O2S. The van der Waals surface area contributed by atoms with Crippen LogP contribution in [-0.4, -0.2) is 22.7 Å². The zero-order chi connectivity index (χ0) is 11.3. The van der Waals surface area contributed by atoms with Crippen molar-refractivity contribution in [2.75, 3.05) is 11.9 Å². The van der Waals surface area contributed by atoms with Crippen molar-refractivity contribution in [2.24, 2.45) is 0 Å². The van der Waals surface area contributed by atoms with Gasteiger partial charge in [0.1, 0.15) is 0 Å². The fraction of sp³-hybridized carbons (Fsp3) is 0.200. The fourth-order valence-corrected chi connectivity index (χ4v) is 1.33. The average molecular weight is 224 g/mol. The van der Waals surface area contributed by atoms with Crippen LogP contribution in [-0.2, 0) is 0 Å². The molecule has 0 saturated carbocycles. The standard InChI is InChI=1S/C10H12N2O2S/c1-2-11-10(15)12-8-5-3-4-7(6-8)9(13)14/h3-6H,2H2,1H3,(H,13,14)(H2,11,12,15). The Morgan fingerprint density at radius 3 is 2.87 bits per heavy atom. The molecule has 0 aliphatic heterocycles. The predicted octanol–water partition coefficient (Wildman–Crippen LogP) is 1.69. The number of carbonyl (C=O) groups is 1. The lowest BCUT2D eigenvalue weighted by molar-refractivity contribution is 0.0697. The van der Waals surface area contributed by atoms with Gasteiger partial charge in [-0.2, -0.15) is 0 Å². The van der Waals surface area contributed by atoms with E-state index < -0.39 is 5.97 Å². The van der Waals surface area contributed by atoms with E-state index in [0.29, 0.717) is 10.8 Å². The molecule has 0 radical (unpaired) electrons. The van der Waals surface area contributed by atoms with Crippen LogP contribution < -0.4 is 10.6 Å². The maximum absolute atomic E-state index is 10.7. The molecule has 0 spiro atoms. The second-order valence-electron chi connectivity index (χ2n) is 2.87. The lowest BCUT2D eigenvalue weighted by Gasteiger charge is -2.08. The Bertz CT molecular complexity index is 379. The molecule has 0 aromatic heterocycles. The van der Waals surface area contributed by atoms with Crippen molar-refractivity contribution in [1.29, 1.82) is 0 Å². The summed E-state index contributed by atoms with van der Waals surface area (Å²) in [6, 6.07) is 6.49. The van der Waals surface area contributed by atoms with Gasteiger partial charge >= 0.3 is 5.97 Å². The normalized spacial score (nSPS) is 9.40. The number of carboxylic acid groups (broad SMARTS) is 1. The number of aromatic carboxylic acids is 1. The van der Waals surface area contributed by atoms with Crippen molar-refractivity contribution in [3.63, 3.8) is 0 Å². The smallest absolute Gasteiger partial charge is 0.335 e. The molecule has 3 N–H and O–H groups in total. The first kappa shape index (κ1) is 11.5. The van der Waals surface area contributed by atoms with E-state index in [9.17, 15) is 4.79 Å². The van der Waals surface area contributed by atoms with E-state index in [-0.39, 0.29) is 5.56 Å². The summed E-state index contributed by atoms with van der Waals surface area (Å²) >= 11 is 4.97. The molecule has 4 nitrogen and oxygen atoms in total. The fourth-order valence-electron chi connectivity index (χ4n) is 1.07. The molecule has 80 valence electrons. The van der Waals surface area contributed by atoms with Crippen LogP contribution in [0, 0.1) is 0 Å². The SMILES string of the molecule is CCNC(=S)Nc1cccc(C(=O)O)c1. The summed E-state index contributed by atoms with van der Waals surface area (Å²) in [5, 5.41) is 15.1. The summed E-state index contributed by atoms with van der Waals surface area (Å²) in [5.41, 5.74) is 0.903. The molecule has 1 aromatic carbocycles. The van der Waals surface area contributed by atoms with Crippen molar-refractivity contribution < 1.29 is 9.90 Å². The molecule has 1 rings (SSSR count). The van der Waals surface area contributed by atoms with Crippen LogP contribution in [0.2, 0.25) is 0 Å². The summed E-state index contributed by atoms with van der Waals surface area (Å²) in [6.45, 7) is 2.66. The third kappa shape index (κ3) is 3.55. The minimum absolute atomic E-state index is 0.235. The molecular weight excluding hydrogens is 212 g/mol. The number of hydrogen-bond donors (Lipinski definition) is 3. The van der Waals surface area contributed by atoms with Crippen LogP contribution in [0.3, 0.4) is 0 Å². The topological polar surface area (TPSA) is 61.4 Å². The molecule has 5 heteroatoms. The van der Waals surface area contributed by atoms with Crippen molar-refractivity contribution in [2.45, 2.75) is 6.92 Å². The molecule has 15 heavy (non-hydrogen) atoms. The molecule has 0 unspecified atom stereocenters. The summed E-state index contributed by atoms with van der Waals surface area (Å²) in [4.78, 5) is 10.7. The summed E-state index contributed by atoms with van der Waals surface area (Å²) < 4.78 is 0. The van der Waals surface area contributed by atoms with Crippen LogP contribution in [0.4, 0.5) is 5.69 Å². The second-order valence-corrected chi connectivity index (χ2v) is 3.28. The highest BCUT2D eigenvalue weighted by Gasteiger charge is 2.03. The van der Waals surface area contributed by atoms with E-state index in [2.05, 4.69) is 10.6 Å². The van der Waals surface area contributed by atoms with Crippen molar-refractivity contribution in [1.82, 2.24) is 5.32 Å². The first-order chi connectivity index (χ1) is 7.13. The third-order valence-corrected chi connectivity index (χ3v) is 1.95. The highest BCUT2D eigenvalue weighted by atomic mass is 32.1. The number of rotatable bonds is 3. The first-order valence-corrected chi connectivity index (χ1v) is 4.92. The zero-order valence-corrected chi connectivity index (χ0v) is 9.10. The largest absolute Gasteiger partial charge is 0.478 e. The van der Waals surface area contributed by atoms with Crippen LogP contribution >= 0.6 is 12.2 Å². The predicted molar refractivity (Wildman–Crippen MR) is 63.3 cm³/mol. The summed E-state index contributed by atoms with van der Waals surface area (Å²) in [5.74, 6) is -0.951. The Morgan fingerprint density at radius 1 is 1.53 bits per heavy atom. The maximum atomic E-state index is 10.7. The average Bonchev–Trinajstić information content (AvgIpc) is 2.18. The van der Waals surface area contributed by atoms with E-state index in [1.54, 1.807) is 12.1 Å². The van der Waals surface area contributed by atoms with E-state index >= 15 is 0 Å². The molecule has 0 aliphatic rings. The van der Waals surface area contributed by atoms with Gasteiger partial charge in [-0.05, 0) is 37.3 Å². The number of thiocarbonyl (C=S) groups is 1. The van der Waals surface area contributed by atoms with Gasteiger partial charge in [0, 0.05) is 12.2 Å². The van der Waals surface area contributed by atoms with Gasteiger partial charge in [0.05, 0.1) is 5.56 Å². The van der Waals surface area contributed by atoms with E-state index in [1.807, 2.05) is 6.92 Å². The molecule has 0 atom stereocenters. The van der Waals surface area contributed by atoms with Gasteiger partial charge in [-0.3, -0.25) is 0 Å². The van der Waals surface area contributed by atoms with E-state index in [0.717, 1.165) is 6.54 Å². The van der Waals surface area contributed by atoms with Gasteiger partial charge in [0.15, 0.2) is 5.11 Å². The molecule has 0 amide bonds. The van der Waals surface area contributed by atoms with Crippen LogP contribution in [0.1, 0.15) is 17.3 Å². The van der Waals surface area contributed by atoms with Crippen LogP contribution in [0.5, 0.6) is 0 Å². The Morgan fingerprint density at radius 2 is 2.27 bits per heavy atom. The maximum Gasteiger partial charge on any atom is 0.335 e. The molecule has 0 saturated heterocycles. The van der Waals surface area contributed by atoms with Gasteiger partial charge in [-0.25, -0.2) is 4.79 Å². The Labute approximate surface area is 93.3 Å².